The Hall–Kier alpha value is -2.67. The molecular formula is C24H32N6O. The molecule has 7 heteroatoms. The van der Waals surface area contributed by atoms with Crippen molar-refractivity contribution in [1.29, 1.82) is 5.41 Å². The van der Waals surface area contributed by atoms with Gasteiger partial charge in [-0.1, -0.05) is 0 Å². The van der Waals surface area contributed by atoms with Crippen LogP contribution in [0.4, 0.5) is 11.5 Å². The Balaban J connectivity index is 1.32. The van der Waals surface area contributed by atoms with Crippen molar-refractivity contribution >= 4 is 17.2 Å². The monoisotopic (exact) mass is 420 g/mol. The van der Waals surface area contributed by atoms with E-state index in [9.17, 15) is 0 Å². The van der Waals surface area contributed by atoms with Gasteiger partial charge in [0.25, 0.3) is 0 Å². The molecule has 5 rings (SSSR count). The number of nitrogens with one attached hydrogen (secondary N) is 1. The molecule has 1 aliphatic heterocycles. The number of hydrogen-bond acceptors (Lipinski definition) is 7. The Morgan fingerprint density at radius 2 is 2.03 bits per heavy atom. The smallest absolute Gasteiger partial charge is 0.132 e. The molecule has 2 saturated carbocycles. The van der Waals surface area contributed by atoms with Crippen LogP contribution in [0.2, 0.25) is 0 Å². The molecule has 31 heavy (non-hydrogen) atoms. The van der Waals surface area contributed by atoms with E-state index >= 15 is 0 Å². The minimum absolute atomic E-state index is 0.0734. The van der Waals surface area contributed by atoms with Crippen LogP contribution in [0.1, 0.15) is 50.8 Å². The molecule has 2 heterocycles. The van der Waals surface area contributed by atoms with E-state index in [0.29, 0.717) is 28.7 Å². The Labute approximate surface area is 184 Å². The summed E-state index contributed by atoms with van der Waals surface area (Å²) in [5.41, 5.74) is 8.22. The Morgan fingerprint density at radius 1 is 1.23 bits per heavy atom. The van der Waals surface area contributed by atoms with Crippen LogP contribution in [-0.4, -0.2) is 58.4 Å². The molecule has 3 aliphatic rings. The van der Waals surface area contributed by atoms with Gasteiger partial charge in [-0.2, -0.15) is 0 Å². The van der Waals surface area contributed by atoms with E-state index in [2.05, 4.69) is 33.6 Å². The van der Waals surface area contributed by atoms with E-state index < -0.39 is 0 Å². The molecule has 1 aromatic heterocycles. The first kappa shape index (κ1) is 20.2. The summed E-state index contributed by atoms with van der Waals surface area (Å²) >= 11 is 0. The first-order chi connectivity index (χ1) is 14.9. The number of aromatic nitrogens is 2. The number of anilines is 2. The van der Waals surface area contributed by atoms with Gasteiger partial charge in [-0.25, -0.2) is 9.97 Å². The number of hydrogen-bond donors (Lipinski definition) is 2. The van der Waals surface area contributed by atoms with Crippen LogP contribution < -0.4 is 15.4 Å². The predicted octanol–water partition coefficient (Wildman–Crippen LogP) is 3.33. The molecule has 1 aromatic carbocycles. The lowest BCUT2D eigenvalue weighted by molar-refractivity contribution is 0.181. The predicted molar refractivity (Wildman–Crippen MR) is 123 cm³/mol. The molecule has 0 amide bonds. The Bertz CT molecular complexity index is 984. The molecule has 2 aromatic rings. The van der Waals surface area contributed by atoms with Crippen molar-refractivity contribution in [3.05, 3.63) is 41.9 Å². The van der Waals surface area contributed by atoms with Crippen molar-refractivity contribution in [1.82, 2.24) is 14.9 Å². The lowest BCUT2D eigenvalue weighted by Gasteiger charge is -2.40. The molecule has 3 fully saturated rings. The molecule has 2 aliphatic carbocycles. The largest absolute Gasteiger partial charge is 0.488 e. The molecular weight excluding hydrogens is 388 g/mol. The highest BCUT2D eigenvalue weighted by Gasteiger charge is 2.40. The second kappa shape index (κ2) is 7.79. The van der Waals surface area contributed by atoms with E-state index in [4.69, 9.17) is 15.9 Å². The molecule has 164 valence electrons. The van der Waals surface area contributed by atoms with Gasteiger partial charge in [0.2, 0.25) is 0 Å². The Morgan fingerprint density at radius 3 is 2.74 bits per heavy atom. The van der Waals surface area contributed by atoms with E-state index in [1.54, 1.807) is 6.33 Å². The minimum atomic E-state index is -0.0734. The van der Waals surface area contributed by atoms with E-state index in [1.807, 2.05) is 24.3 Å². The van der Waals surface area contributed by atoms with Gasteiger partial charge in [0.05, 0.1) is 11.4 Å². The molecule has 0 radical (unpaired) electrons. The maximum atomic E-state index is 8.77. The summed E-state index contributed by atoms with van der Waals surface area (Å²) in [5, 5.41) is 8.77. The summed E-state index contributed by atoms with van der Waals surface area (Å²) in [5.74, 6) is 2.54. The van der Waals surface area contributed by atoms with Gasteiger partial charge in [-0.3, -0.25) is 10.3 Å². The summed E-state index contributed by atoms with van der Waals surface area (Å²) in [4.78, 5) is 13.8. The van der Waals surface area contributed by atoms with Crippen molar-refractivity contribution in [2.75, 3.05) is 36.8 Å². The highest BCUT2D eigenvalue weighted by atomic mass is 16.5. The number of nitrogen functional groups attached to an aromatic ring is 1. The van der Waals surface area contributed by atoms with Crippen LogP contribution in [0.25, 0.3) is 0 Å². The topological polar surface area (TPSA) is 91.4 Å². The van der Waals surface area contributed by atoms with Crippen molar-refractivity contribution in [3.63, 3.8) is 0 Å². The third-order valence-corrected chi connectivity index (χ3v) is 6.80. The third-order valence-electron chi connectivity index (χ3n) is 6.80. The number of nitrogens with zero attached hydrogens (tertiary/aromatic N) is 4. The molecule has 1 saturated heterocycles. The van der Waals surface area contributed by atoms with Crippen LogP contribution >= 0.6 is 0 Å². The van der Waals surface area contributed by atoms with Crippen LogP contribution in [0, 0.1) is 11.3 Å². The van der Waals surface area contributed by atoms with Gasteiger partial charge >= 0.3 is 0 Å². The maximum absolute atomic E-state index is 8.77. The lowest BCUT2D eigenvalue weighted by atomic mass is 10.0. The zero-order valence-corrected chi connectivity index (χ0v) is 18.5. The van der Waals surface area contributed by atoms with Crippen molar-refractivity contribution in [2.24, 2.45) is 5.92 Å². The summed E-state index contributed by atoms with van der Waals surface area (Å²) in [7, 11) is 0. The van der Waals surface area contributed by atoms with Crippen molar-refractivity contribution in [3.8, 4) is 5.75 Å². The zero-order chi connectivity index (χ0) is 21.6. The quantitative estimate of drug-likeness (QED) is 0.527. The maximum Gasteiger partial charge on any atom is 0.132 e. The highest BCUT2D eigenvalue weighted by Crippen LogP contribution is 2.40. The molecule has 3 N–H and O–H groups in total. The number of benzene rings is 1. The van der Waals surface area contributed by atoms with Crippen LogP contribution in [0.15, 0.2) is 30.6 Å². The van der Waals surface area contributed by atoms with Crippen molar-refractivity contribution < 1.29 is 4.74 Å². The lowest BCUT2D eigenvalue weighted by Crippen LogP contribution is -2.52. The first-order valence-corrected chi connectivity index (χ1v) is 11.4. The summed E-state index contributed by atoms with van der Waals surface area (Å²) < 4.78 is 6.07. The van der Waals surface area contributed by atoms with E-state index in [1.165, 1.54) is 19.4 Å². The van der Waals surface area contributed by atoms with Gasteiger partial charge in [-0.15, -0.1) is 0 Å². The number of rotatable bonds is 7. The second-order valence-corrected chi connectivity index (χ2v) is 9.67. The molecule has 1 atom stereocenters. The average molecular weight is 421 g/mol. The molecule has 7 nitrogen and oxygen atoms in total. The highest BCUT2D eigenvalue weighted by molar-refractivity contribution is 6.13. The summed E-state index contributed by atoms with van der Waals surface area (Å²) in [6.45, 7) is 8.58. The minimum Gasteiger partial charge on any atom is -0.488 e. The first-order valence-electron chi connectivity index (χ1n) is 11.4. The SMILES string of the molecule is C[C@@H]1CN(c2cc(C(=N)c3cc(OC4(C)CC4)ccc3N)ncn2)CCN1CC1CC1. The molecule has 0 bridgehead atoms. The summed E-state index contributed by atoms with van der Waals surface area (Å²) in [6, 6.07) is 7.97. The molecule has 0 unspecified atom stereocenters. The second-order valence-electron chi connectivity index (χ2n) is 9.67. The normalized spacial score (nSPS) is 22.9. The average Bonchev–Trinajstić information content (AvgIpc) is 3.70. The van der Waals surface area contributed by atoms with Crippen molar-refractivity contribution in [2.45, 2.75) is 51.2 Å². The van der Waals surface area contributed by atoms with Crippen LogP contribution in [0.5, 0.6) is 5.75 Å². The fourth-order valence-electron chi connectivity index (χ4n) is 4.28. The van der Waals surface area contributed by atoms with E-state index in [-0.39, 0.29) is 5.60 Å². The fraction of sp³-hybridized carbons (Fsp3) is 0.542. The van der Waals surface area contributed by atoms with Gasteiger partial charge in [0.15, 0.2) is 0 Å². The third kappa shape index (κ3) is 4.51. The number of ether oxygens (including phenoxy) is 1. The van der Waals surface area contributed by atoms with Crippen LogP contribution in [0.3, 0.4) is 0 Å². The van der Waals surface area contributed by atoms with Gasteiger partial charge < -0.3 is 15.4 Å². The fourth-order valence-corrected chi connectivity index (χ4v) is 4.28. The Kier molecular flexibility index (Phi) is 5.08. The molecule has 0 spiro atoms. The van der Waals surface area contributed by atoms with Gasteiger partial charge in [0.1, 0.15) is 23.5 Å². The van der Waals surface area contributed by atoms with E-state index in [0.717, 1.165) is 50.0 Å². The standard InChI is InChI=1S/C24H32N6O/c1-16-13-30(10-9-29(16)14-17-3-4-17)22-12-21(27-15-28-22)23(26)19-11-18(5-6-20(19)25)31-24(2)7-8-24/h5-6,11-12,15-17,26H,3-4,7-10,13-14,25H2,1-2H3/t16-/m1/s1. The number of nitrogens with two attached hydrogens (primary N) is 1. The number of piperazine rings is 1. The summed E-state index contributed by atoms with van der Waals surface area (Å²) in [6.07, 6.45) is 6.46. The zero-order valence-electron chi connectivity index (χ0n) is 18.5. The van der Waals surface area contributed by atoms with Gasteiger partial charge in [0, 0.05) is 49.5 Å². The van der Waals surface area contributed by atoms with Crippen LogP contribution in [-0.2, 0) is 0 Å². The van der Waals surface area contributed by atoms with Gasteiger partial charge in [-0.05, 0) is 63.6 Å².